The van der Waals surface area contributed by atoms with Crippen molar-refractivity contribution in [2.24, 2.45) is 0 Å². The highest BCUT2D eigenvalue weighted by atomic mass is 79.9. The average molecular weight is 335 g/mol. The van der Waals surface area contributed by atoms with Crippen LogP contribution in [0.3, 0.4) is 0 Å². The fourth-order valence-corrected chi connectivity index (χ4v) is 2.75. The van der Waals surface area contributed by atoms with Crippen molar-refractivity contribution in [3.63, 3.8) is 0 Å². The zero-order valence-electron chi connectivity index (χ0n) is 10.9. The van der Waals surface area contributed by atoms with Gasteiger partial charge >= 0.3 is 0 Å². The lowest BCUT2D eigenvalue weighted by Crippen LogP contribution is -2.32. The van der Waals surface area contributed by atoms with E-state index in [0.717, 1.165) is 16.6 Å². The molecule has 0 saturated heterocycles. The molecule has 18 heavy (non-hydrogen) atoms. The predicted octanol–water partition coefficient (Wildman–Crippen LogP) is 1.99. The molecule has 0 aliphatic heterocycles. The van der Waals surface area contributed by atoms with E-state index in [1.54, 1.807) is 18.2 Å². The van der Waals surface area contributed by atoms with Crippen molar-refractivity contribution in [3.8, 4) is 0 Å². The third kappa shape index (κ3) is 4.35. The topological polar surface area (TPSA) is 49.4 Å². The fourth-order valence-electron chi connectivity index (χ4n) is 1.40. The third-order valence-electron chi connectivity index (χ3n) is 2.77. The molecule has 0 spiro atoms. The van der Waals surface area contributed by atoms with Gasteiger partial charge in [0.15, 0.2) is 0 Å². The summed E-state index contributed by atoms with van der Waals surface area (Å²) in [4.78, 5) is 2.36. The van der Waals surface area contributed by atoms with Crippen LogP contribution in [0.15, 0.2) is 27.6 Å². The molecule has 1 N–H and O–H groups in total. The van der Waals surface area contributed by atoms with Gasteiger partial charge in [0.2, 0.25) is 10.0 Å². The van der Waals surface area contributed by atoms with E-state index in [-0.39, 0.29) is 0 Å². The largest absolute Gasteiger partial charge is 0.305 e. The van der Waals surface area contributed by atoms with Gasteiger partial charge in [-0.15, -0.1) is 0 Å². The van der Waals surface area contributed by atoms with Gasteiger partial charge < -0.3 is 4.90 Å². The Morgan fingerprint density at radius 2 is 2.06 bits per heavy atom. The Labute approximate surface area is 118 Å². The molecule has 1 rings (SSSR count). The number of nitrogens with zero attached hydrogens (tertiary/aromatic N) is 1. The zero-order chi connectivity index (χ0) is 13.8. The summed E-state index contributed by atoms with van der Waals surface area (Å²) < 4.78 is 27.6. The van der Waals surface area contributed by atoms with E-state index in [4.69, 9.17) is 0 Å². The molecule has 0 saturated carbocycles. The summed E-state index contributed by atoms with van der Waals surface area (Å²) in [6.45, 7) is 5.92. The van der Waals surface area contributed by atoms with Crippen LogP contribution in [0.5, 0.6) is 0 Å². The Bertz CT molecular complexity index is 503. The van der Waals surface area contributed by atoms with Crippen LogP contribution in [0.2, 0.25) is 0 Å². The first-order chi connectivity index (χ1) is 8.36. The Morgan fingerprint density at radius 1 is 1.39 bits per heavy atom. The second-order valence-corrected chi connectivity index (χ2v) is 6.83. The predicted molar refractivity (Wildman–Crippen MR) is 77.2 cm³/mol. The van der Waals surface area contributed by atoms with Crippen molar-refractivity contribution in [1.29, 1.82) is 0 Å². The van der Waals surface area contributed by atoms with Crippen LogP contribution in [-0.4, -0.2) is 40.0 Å². The molecule has 0 unspecified atom stereocenters. The second-order valence-electron chi connectivity index (χ2n) is 4.20. The highest BCUT2D eigenvalue weighted by Crippen LogP contribution is 2.19. The molecule has 0 fully saturated rings. The highest BCUT2D eigenvalue weighted by Gasteiger charge is 2.14. The SMILES string of the molecule is CCN(C)CCNS(=O)(=O)c1ccc(Br)c(C)c1. The number of rotatable bonds is 6. The van der Waals surface area contributed by atoms with Crippen molar-refractivity contribution >= 4 is 26.0 Å². The fraction of sp³-hybridized carbons (Fsp3) is 0.500. The standard InChI is InChI=1S/C12H19BrN2O2S/c1-4-15(3)8-7-14-18(16,17)11-5-6-12(13)10(2)9-11/h5-6,9,14H,4,7-8H2,1-3H3. The number of sulfonamides is 1. The molecule has 0 aliphatic rings. The van der Waals surface area contributed by atoms with E-state index in [1.807, 2.05) is 20.9 Å². The number of benzene rings is 1. The molecule has 1 aromatic rings. The normalized spacial score (nSPS) is 12.1. The zero-order valence-corrected chi connectivity index (χ0v) is 13.3. The van der Waals surface area contributed by atoms with Crippen LogP contribution < -0.4 is 4.72 Å². The molecule has 0 atom stereocenters. The molecule has 0 aromatic heterocycles. The van der Waals surface area contributed by atoms with Crippen LogP contribution in [0.25, 0.3) is 0 Å². The number of hydrogen-bond donors (Lipinski definition) is 1. The second kappa shape index (κ2) is 6.65. The van der Waals surface area contributed by atoms with Gasteiger partial charge in [0, 0.05) is 17.6 Å². The molecule has 0 radical (unpaired) electrons. The van der Waals surface area contributed by atoms with E-state index in [1.165, 1.54) is 0 Å². The minimum Gasteiger partial charge on any atom is -0.305 e. The van der Waals surface area contributed by atoms with E-state index in [9.17, 15) is 8.42 Å². The summed E-state index contributed by atoms with van der Waals surface area (Å²) >= 11 is 3.36. The van der Waals surface area contributed by atoms with Gasteiger partial charge in [-0.05, 0) is 44.3 Å². The van der Waals surface area contributed by atoms with Crippen LogP contribution >= 0.6 is 15.9 Å². The molecule has 102 valence electrons. The van der Waals surface area contributed by atoms with Crippen molar-refractivity contribution in [3.05, 3.63) is 28.2 Å². The van der Waals surface area contributed by atoms with Crippen LogP contribution in [0.4, 0.5) is 0 Å². The Kier molecular flexibility index (Phi) is 5.78. The molecule has 0 heterocycles. The van der Waals surface area contributed by atoms with Crippen molar-refractivity contribution in [2.75, 3.05) is 26.7 Å². The van der Waals surface area contributed by atoms with Crippen LogP contribution in [0.1, 0.15) is 12.5 Å². The van der Waals surface area contributed by atoms with Gasteiger partial charge in [-0.25, -0.2) is 13.1 Å². The maximum absolute atomic E-state index is 12.0. The third-order valence-corrected chi connectivity index (χ3v) is 5.11. The summed E-state index contributed by atoms with van der Waals surface area (Å²) in [5, 5.41) is 0. The van der Waals surface area contributed by atoms with Crippen LogP contribution in [0, 0.1) is 6.92 Å². The lowest BCUT2D eigenvalue weighted by atomic mass is 10.2. The number of nitrogens with one attached hydrogen (secondary N) is 1. The Balaban J connectivity index is 2.71. The summed E-state index contributed by atoms with van der Waals surface area (Å²) in [6.07, 6.45) is 0. The first kappa shape index (κ1) is 15.6. The average Bonchev–Trinajstić information content (AvgIpc) is 2.32. The molecular formula is C12H19BrN2O2S. The van der Waals surface area contributed by atoms with Gasteiger partial charge in [-0.3, -0.25) is 0 Å². The molecule has 0 bridgehead atoms. The minimum atomic E-state index is -3.40. The van der Waals surface area contributed by atoms with E-state index in [0.29, 0.717) is 18.0 Å². The maximum atomic E-state index is 12.0. The first-order valence-electron chi connectivity index (χ1n) is 5.81. The highest BCUT2D eigenvalue weighted by molar-refractivity contribution is 9.10. The van der Waals surface area contributed by atoms with Gasteiger partial charge in [-0.2, -0.15) is 0 Å². The maximum Gasteiger partial charge on any atom is 0.240 e. The molecule has 1 aromatic carbocycles. The van der Waals surface area contributed by atoms with E-state index < -0.39 is 10.0 Å². The quantitative estimate of drug-likeness (QED) is 0.865. The van der Waals surface area contributed by atoms with Gasteiger partial charge in [0.1, 0.15) is 0 Å². The van der Waals surface area contributed by atoms with Crippen LogP contribution in [-0.2, 0) is 10.0 Å². The van der Waals surface area contributed by atoms with E-state index >= 15 is 0 Å². The van der Waals surface area contributed by atoms with E-state index in [2.05, 4.69) is 25.6 Å². The summed E-state index contributed by atoms with van der Waals surface area (Å²) in [5.74, 6) is 0. The Morgan fingerprint density at radius 3 is 2.61 bits per heavy atom. The van der Waals surface area contributed by atoms with Crippen molar-refractivity contribution in [1.82, 2.24) is 9.62 Å². The molecule has 6 heteroatoms. The smallest absolute Gasteiger partial charge is 0.240 e. The van der Waals surface area contributed by atoms with Gasteiger partial charge in [0.25, 0.3) is 0 Å². The summed E-state index contributed by atoms with van der Waals surface area (Å²) in [7, 11) is -1.44. The molecule has 0 aliphatic carbocycles. The number of hydrogen-bond acceptors (Lipinski definition) is 3. The first-order valence-corrected chi connectivity index (χ1v) is 8.09. The molecule has 4 nitrogen and oxygen atoms in total. The number of aryl methyl sites for hydroxylation is 1. The van der Waals surface area contributed by atoms with Gasteiger partial charge in [-0.1, -0.05) is 22.9 Å². The number of likely N-dealkylation sites (N-methyl/N-ethyl adjacent to an activating group) is 1. The monoisotopic (exact) mass is 334 g/mol. The van der Waals surface area contributed by atoms with Crippen molar-refractivity contribution in [2.45, 2.75) is 18.7 Å². The lowest BCUT2D eigenvalue weighted by molar-refractivity contribution is 0.358. The molecule has 0 amide bonds. The Hall–Kier alpha value is -0.430. The van der Waals surface area contributed by atoms with Crippen molar-refractivity contribution < 1.29 is 8.42 Å². The minimum absolute atomic E-state index is 0.308. The summed E-state index contributed by atoms with van der Waals surface area (Å²) in [5.41, 5.74) is 0.906. The summed E-state index contributed by atoms with van der Waals surface area (Å²) in [6, 6.07) is 5.01. The number of halogens is 1. The molecular weight excluding hydrogens is 316 g/mol. The van der Waals surface area contributed by atoms with Gasteiger partial charge in [0.05, 0.1) is 4.90 Å². The lowest BCUT2D eigenvalue weighted by Gasteiger charge is -2.14.